The minimum Gasteiger partial charge on any atom is -0.207 e. The maximum Gasteiger partial charge on any atom is 0.161 e. The predicted octanol–water partition coefficient (Wildman–Crippen LogP) is 16.5. The summed E-state index contributed by atoms with van der Waals surface area (Å²) in [7, 11) is 0. The van der Waals surface area contributed by atoms with Crippen molar-refractivity contribution in [1.82, 2.24) is 0 Å². The van der Waals surface area contributed by atoms with Crippen LogP contribution in [-0.4, -0.2) is 0 Å². The number of hydrogen-bond donors (Lipinski definition) is 0. The first-order valence-electron chi connectivity index (χ1n) is 20.3. The van der Waals surface area contributed by atoms with Crippen LogP contribution < -0.4 is 0 Å². The van der Waals surface area contributed by atoms with Crippen LogP contribution in [0.4, 0.5) is 17.6 Å². The van der Waals surface area contributed by atoms with E-state index in [1.54, 1.807) is 38.1 Å². The second-order valence-corrected chi connectivity index (χ2v) is 16.9. The molecule has 0 amide bonds. The fraction of sp³-hybridized carbons (Fsp3) is 0.625. The summed E-state index contributed by atoms with van der Waals surface area (Å²) in [6.45, 7) is 24.6. The SMILES string of the molecule is CC1CCC(C)CC1.CC1CCC(C)CC1.CC1CCC(C)CC1.Cc1ccc(C)c(F)c1.Cc1ccc(C)c(F)c1.Cc1ccc(C)c(F)c1F.[HH].[HH]. The quantitative estimate of drug-likeness (QED) is 0.202. The molecule has 0 atom stereocenters. The summed E-state index contributed by atoms with van der Waals surface area (Å²) in [5, 5.41) is 0. The molecule has 3 aromatic carbocycles. The molecule has 0 nitrogen and oxygen atoms in total. The molecule has 3 aromatic rings. The summed E-state index contributed by atoms with van der Waals surface area (Å²) in [5.41, 5.74) is 4.06. The zero-order valence-corrected chi connectivity index (χ0v) is 35.1. The second-order valence-electron chi connectivity index (χ2n) is 16.9. The van der Waals surface area contributed by atoms with E-state index >= 15 is 0 Å². The molecule has 0 N–H and O–H groups in total. The van der Waals surface area contributed by atoms with Crippen molar-refractivity contribution >= 4 is 0 Å². The van der Waals surface area contributed by atoms with E-state index in [-0.39, 0.29) is 14.5 Å². The van der Waals surface area contributed by atoms with E-state index in [4.69, 9.17) is 0 Å². The highest BCUT2D eigenvalue weighted by Crippen LogP contribution is 2.28. The highest BCUT2D eigenvalue weighted by atomic mass is 19.2. The Morgan fingerprint density at radius 2 is 0.538 bits per heavy atom. The van der Waals surface area contributed by atoms with Gasteiger partial charge >= 0.3 is 0 Å². The number of aryl methyl sites for hydroxylation is 6. The van der Waals surface area contributed by atoms with Gasteiger partial charge in [-0.15, -0.1) is 0 Å². The molecule has 0 aliphatic heterocycles. The van der Waals surface area contributed by atoms with Crippen LogP contribution in [0.15, 0.2) is 48.5 Å². The van der Waals surface area contributed by atoms with Crippen LogP contribution in [0, 0.1) is 100 Å². The van der Waals surface area contributed by atoms with Crippen LogP contribution in [-0.2, 0) is 0 Å². The Morgan fingerprint density at radius 1 is 0.346 bits per heavy atom. The topological polar surface area (TPSA) is 0 Å². The molecular formula is C48H78F4. The van der Waals surface area contributed by atoms with Crippen LogP contribution in [0.2, 0.25) is 0 Å². The van der Waals surface area contributed by atoms with Crippen molar-refractivity contribution in [1.29, 1.82) is 0 Å². The average Bonchev–Trinajstić information content (AvgIpc) is 3.11. The largest absolute Gasteiger partial charge is 0.207 e. The zero-order chi connectivity index (χ0) is 39.4. The Labute approximate surface area is 320 Å². The van der Waals surface area contributed by atoms with Crippen LogP contribution in [0.25, 0.3) is 0 Å². The van der Waals surface area contributed by atoms with Gasteiger partial charge in [0.25, 0.3) is 0 Å². The molecule has 52 heavy (non-hydrogen) atoms. The van der Waals surface area contributed by atoms with Gasteiger partial charge in [0, 0.05) is 2.85 Å². The molecule has 6 rings (SSSR count). The zero-order valence-electron chi connectivity index (χ0n) is 35.1. The highest BCUT2D eigenvalue weighted by Gasteiger charge is 2.14. The summed E-state index contributed by atoms with van der Waals surface area (Å²) in [6, 6.07) is 13.6. The van der Waals surface area contributed by atoms with Crippen molar-refractivity contribution in [2.45, 2.75) is 160 Å². The molecule has 3 aliphatic rings. The molecule has 3 saturated carbocycles. The van der Waals surface area contributed by atoms with Gasteiger partial charge in [-0.25, -0.2) is 17.6 Å². The normalized spacial score (nSPS) is 23.6. The van der Waals surface area contributed by atoms with Gasteiger partial charge in [0.2, 0.25) is 0 Å². The van der Waals surface area contributed by atoms with Gasteiger partial charge in [-0.05, 0) is 123 Å². The molecule has 0 heterocycles. The van der Waals surface area contributed by atoms with Crippen LogP contribution in [0.1, 0.15) is 155 Å². The van der Waals surface area contributed by atoms with Crippen molar-refractivity contribution in [2.24, 2.45) is 35.5 Å². The number of rotatable bonds is 0. The fourth-order valence-electron chi connectivity index (χ4n) is 6.42. The summed E-state index contributed by atoms with van der Waals surface area (Å²) in [6.07, 6.45) is 17.7. The van der Waals surface area contributed by atoms with E-state index in [9.17, 15) is 17.6 Å². The van der Waals surface area contributed by atoms with E-state index in [2.05, 4.69) is 41.5 Å². The molecule has 0 spiro atoms. The van der Waals surface area contributed by atoms with Crippen LogP contribution in [0.5, 0.6) is 0 Å². The van der Waals surface area contributed by atoms with E-state index in [0.717, 1.165) is 46.6 Å². The van der Waals surface area contributed by atoms with E-state index in [1.807, 2.05) is 26.0 Å². The standard InChI is InChI=1S/C8H8F2.2C8H9F.3C8H16.2H2/c1-5-3-4-6(2)8(10)7(5)9;2*1-6-3-4-7(2)8(9)5-6;3*1-7-3-5-8(2)6-4-7;;/h3-4H,1-2H3;2*3-5H,1-2H3;3*7-8H,3-6H2,1-2H3;2*1H. The summed E-state index contributed by atoms with van der Waals surface area (Å²) in [5.74, 6) is 4.41. The number of hydrogen-bond acceptors (Lipinski definition) is 0. The van der Waals surface area contributed by atoms with Crippen LogP contribution >= 0.6 is 0 Å². The molecule has 0 aromatic heterocycles. The van der Waals surface area contributed by atoms with Gasteiger partial charge in [0.05, 0.1) is 0 Å². The molecule has 0 bridgehead atoms. The summed E-state index contributed by atoms with van der Waals surface area (Å²) < 4.78 is 50.4. The lowest BCUT2D eigenvalue weighted by Gasteiger charge is -2.22. The minimum absolute atomic E-state index is 0. The Hall–Kier alpha value is -2.62. The highest BCUT2D eigenvalue weighted by molar-refractivity contribution is 5.24. The smallest absolute Gasteiger partial charge is 0.161 e. The Bertz CT molecular complexity index is 1250. The first kappa shape index (κ1) is 47.4. The fourth-order valence-corrected chi connectivity index (χ4v) is 6.42. The van der Waals surface area contributed by atoms with Gasteiger partial charge in [0.1, 0.15) is 11.6 Å². The molecule has 3 aliphatic carbocycles. The van der Waals surface area contributed by atoms with Gasteiger partial charge < -0.3 is 0 Å². The van der Waals surface area contributed by atoms with E-state index in [1.165, 1.54) is 103 Å². The van der Waals surface area contributed by atoms with Crippen molar-refractivity contribution in [3.05, 3.63) is 105 Å². The van der Waals surface area contributed by atoms with Crippen molar-refractivity contribution < 1.29 is 20.4 Å². The molecule has 0 saturated heterocycles. The lowest BCUT2D eigenvalue weighted by molar-refractivity contribution is 0.308. The molecule has 298 valence electrons. The second kappa shape index (κ2) is 25.4. The van der Waals surface area contributed by atoms with Gasteiger partial charge in [0.15, 0.2) is 11.6 Å². The molecule has 4 heteroatoms. The summed E-state index contributed by atoms with van der Waals surface area (Å²) in [4.78, 5) is 0. The summed E-state index contributed by atoms with van der Waals surface area (Å²) >= 11 is 0. The molecule has 3 fully saturated rings. The molecule has 0 unspecified atom stereocenters. The van der Waals surface area contributed by atoms with Crippen molar-refractivity contribution in [3.63, 3.8) is 0 Å². The lowest BCUT2D eigenvalue weighted by Crippen LogP contribution is -2.08. The Kier molecular flexibility index (Phi) is 23.2. The van der Waals surface area contributed by atoms with Crippen molar-refractivity contribution in [2.75, 3.05) is 0 Å². The predicted molar refractivity (Wildman–Crippen MR) is 222 cm³/mol. The minimum atomic E-state index is -0.736. The molecular weight excluding hydrogens is 653 g/mol. The maximum absolute atomic E-state index is 12.6. The Balaban J connectivity index is 0. The number of benzene rings is 3. The first-order chi connectivity index (χ1) is 24.4. The van der Waals surface area contributed by atoms with E-state index < -0.39 is 11.6 Å². The average molecular weight is 731 g/mol. The maximum atomic E-state index is 12.6. The van der Waals surface area contributed by atoms with Gasteiger partial charge in [-0.2, -0.15) is 0 Å². The number of halogens is 4. The van der Waals surface area contributed by atoms with Crippen molar-refractivity contribution in [3.8, 4) is 0 Å². The third kappa shape index (κ3) is 20.6. The molecule has 0 radical (unpaired) electrons. The first-order valence-corrected chi connectivity index (χ1v) is 20.3. The van der Waals surface area contributed by atoms with E-state index in [0.29, 0.717) is 22.3 Å². The monoisotopic (exact) mass is 731 g/mol. The third-order valence-electron chi connectivity index (χ3n) is 11.0. The lowest BCUT2D eigenvalue weighted by atomic mass is 9.84. The Morgan fingerprint density at radius 3 is 0.712 bits per heavy atom. The third-order valence-corrected chi connectivity index (χ3v) is 11.0. The van der Waals surface area contributed by atoms with Gasteiger partial charge in [-0.3, -0.25) is 0 Å². The van der Waals surface area contributed by atoms with Gasteiger partial charge in [-0.1, -0.05) is 155 Å². The van der Waals surface area contributed by atoms with Crippen LogP contribution in [0.3, 0.4) is 0 Å².